The molecular formula is C84H125BrF3N5O7. The number of carbonyl (C=O) groups excluding carboxylic acids is 4. The van der Waals surface area contributed by atoms with Crippen LogP contribution in [0.5, 0.6) is 0 Å². The topological polar surface area (TPSA) is 150 Å². The molecule has 0 radical (unpaired) electrons. The van der Waals surface area contributed by atoms with Crippen LogP contribution in [0.25, 0.3) is 0 Å². The van der Waals surface area contributed by atoms with Crippen molar-refractivity contribution < 1.29 is 51.3 Å². The van der Waals surface area contributed by atoms with E-state index in [1.165, 1.54) is 193 Å². The first-order chi connectivity index (χ1) is 47.5. The molecule has 12 nitrogen and oxygen atoms in total. The molecule has 4 saturated heterocycles. The number of alkyl halides is 1. The molecule has 20 aliphatic rings. The fourth-order valence-electron chi connectivity index (χ4n) is 26.9. The summed E-state index contributed by atoms with van der Waals surface area (Å²) in [7, 11) is 2.58. The largest absolute Gasteiger partial charge is 0.465 e. The van der Waals surface area contributed by atoms with Crippen molar-refractivity contribution in [3.05, 3.63) is 105 Å². The first-order valence-electron chi connectivity index (χ1n) is 38.9. The van der Waals surface area contributed by atoms with E-state index in [1.54, 1.807) is 67.9 Å². The molecule has 4 heterocycles. The molecule has 23 rings (SSSR count). The summed E-state index contributed by atoms with van der Waals surface area (Å²) in [5.41, 5.74) is 6.47. The van der Waals surface area contributed by atoms with Crippen LogP contribution in [0.3, 0.4) is 0 Å². The number of esters is 2. The van der Waals surface area contributed by atoms with Crippen LogP contribution in [-0.2, 0) is 32.7 Å². The molecule has 16 saturated carbocycles. The average molecular weight is 1460 g/mol. The molecule has 4 spiro atoms. The SMILES string of the molecule is C.C.C1CC2(CCN1)C1CC3CC(C1)CC2C3.COC(=O)c1ccc(CBr)c(F)c1.COC(=O)c1ccc(CN2CCC3(CC2)C2CC4CC(C2)CC3C4)c(F)c1.O=C(NO)c1ccc(CN2CCC3(CC2)C2CC4CC(C2)CC3C4)c(F)c1.O=C1CC2(CCN1)C1CC3CC(C1)CC2C3.[2HH].[2HH].[HH]. The molecule has 16 bridgehead atoms. The Kier molecular flexibility index (Phi) is 22.6. The lowest BCUT2D eigenvalue weighted by molar-refractivity contribution is -0.149. The Morgan fingerprint density at radius 1 is 0.480 bits per heavy atom. The Bertz CT molecular complexity index is 3170. The van der Waals surface area contributed by atoms with Gasteiger partial charge in [-0.15, -0.1) is 0 Å². The number of nitrogens with one attached hydrogen (secondary N) is 3. The standard InChI is InChI=1S/C23H30FNO2.C22H29FN2O2.C14H21NO.C14H23N.C9H8BrFO2.2CH4.3H2/c1-27-22(26)17-2-3-18(21(24)13-17)14-25-6-4-23(5-7-25)19-9-15-8-16(11-19)12-20(23)10-15;23-20-12-16(21(26)24-27)1-2-17(20)13-25-5-3-22(4-6-25)18-8-14-7-15(10-18)11-19(22)9-14;16-13-8-14(1-2-15-13)11-4-9-3-10(6-11)7-12(14)5-9;1-3-15-4-2-14(1)12-6-10-5-11(8-12)9-13(14)7-10;1-13-9(12)6-2-3-7(5-10)8(11)4-6;;;;;/h2-3,13,15-16,19-20H,4-12,14H2,1H3;1-2,12,14-15,18-19,27H,3-11,13H2,(H,24,26);9-12H,1-8H2,(H,15,16);10-13,15H,1-9H2;2-4H,5H2,1H3;2*1H4;3*1H/i;;;;;;;2*1+1;. The molecule has 4 N–H and O–H groups in total. The van der Waals surface area contributed by atoms with Gasteiger partial charge in [-0.25, -0.2) is 28.2 Å². The number of likely N-dealkylation sites (tertiary alicyclic amines) is 2. The zero-order valence-corrected chi connectivity index (χ0v) is 60.2. The lowest BCUT2D eigenvalue weighted by atomic mass is 9.43. The second kappa shape index (κ2) is 30.6. The molecule has 0 atom stereocenters. The van der Waals surface area contributed by atoms with Gasteiger partial charge in [0.25, 0.3) is 5.91 Å². The average Bonchev–Trinajstić information content (AvgIpc) is 0.744. The van der Waals surface area contributed by atoms with E-state index in [4.69, 9.17) is 5.21 Å². The number of ether oxygens (including phenoxy) is 2. The molecule has 100 heavy (non-hydrogen) atoms. The third-order valence-corrected chi connectivity index (χ3v) is 31.5. The van der Waals surface area contributed by atoms with E-state index >= 15 is 0 Å². The third kappa shape index (κ3) is 14.4. The van der Waals surface area contributed by atoms with Gasteiger partial charge in [-0.05, 0) is 371 Å². The first-order valence-corrected chi connectivity index (χ1v) is 40.0. The van der Waals surface area contributed by atoms with Gasteiger partial charge >= 0.3 is 11.9 Å². The van der Waals surface area contributed by atoms with Crippen LogP contribution in [0.15, 0.2) is 54.6 Å². The van der Waals surface area contributed by atoms with Gasteiger partial charge in [0.15, 0.2) is 0 Å². The number of carbonyl (C=O) groups is 4. The summed E-state index contributed by atoms with van der Waals surface area (Å²) >= 11 is 3.13. The number of nitrogens with zero attached hydrogens (tertiary/aromatic N) is 2. The van der Waals surface area contributed by atoms with Crippen LogP contribution < -0.4 is 16.1 Å². The fraction of sp³-hybridized carbons (Fsp3) is 0.738. The minimum Gasteiger partial charge on any atom is -0.465 e. The van der Waals surface area contributed by atoms with E-state index in [0.717, 1.165) is 139 Å². The van der Waals surface area contributed by atoms with Crippen molar-refractivity contribution in [2.24, 2.45) is 116 Å². The lowest BCUT2D eigenvalue weighted by Gasteiger charge is -2.63. The van der Waals surface area contributed by atoms with Crippen molar-refractivity contribution in [2.45, 2.75) is 213 Å². The van der Waals surface area contributed by atoms with Crippen LogP contribution in [0, 0.1) is 134 Å². The van der Waals surface area contributed by atoms with E-state index in [0.29, 0.717) is 57.3 Å². The van der Waals surface area contributed by atoms with Gasteiger partial charge in [0.1, 0.15) is 17.5 Å². The van der Waals surface area contributed by atoms with Gasteiger partial charge < -0.3 is 20.1 Å². The van der Waals surface area contributed by atoms with E-state index in [1.807, 2.05) is 0 Å². The molecule has 3 aromatic carbocycles. The Morgan fingerprint density at radius 2 is 0.780 bits per heavy atom. The number of amides is 2. The fourth-order valence-corrected chi connectivity index (χ4v) is 27.3. The first kappa shape index (κ1) is 73.9. The van der Waals surface area contributed by atoms with Crippen molar-refractivity contribution >= 4 is 39.7 Å². The molecule has 3 aromatic rings. The van der Waals surface area contributed by atoms with Crippen molar-refractivity contribution in [1.82, 2.24) is 25.9 Å². The number of benzene rings is 3. The van der Waals surface area contributed by atoms with E-state index in [9.17, 15) is 32.3 Å². The van der Waals surface area contributed by atoms with Crippen molar-refractivity contribution in [1.29, 1.82) is 0 Å². The second-order valence-corrected chi connectivity index (χ2v) is 35.8. The Morgan fingerprint density at radius 3 is 1.09 bits per heavy atom. The predicted octanol–water partition coefficient (Wildman–Crippen LogP) is 18.3. The van der Waals surface area contributed by atoms with E-state index in [2.05, 4.69) is 45.8 Å². The summed E-state index contributed by atoms with van der Waals surface area (Å²) in [6, 6.07) is 13.4. The van der Waals surface area contributed by atoms with Gasteiger partial charge in [0.2, 0.25) is 5.91 Å². The minimum atomic E-state index is -0.678. The van der Waals surface area contributed by atoms with Crippen molar-refractivity contribution in [2.75, 3.05) is 60.0 Å². The van der Waals surface area contributed by atoms with Crippen LogP contribution in [-0.4, -0.2) is 98.8 Å². The Hall–Kier alpha value is -4.35. The number of methoxy groups -OCH3 is 2. The summed E-state index contributed by atoms with van der Waals surface area (Å²) in [5.74, 6) is 13.9. The number of piperidine rings is 4. The number of hydrogen-bond donors (Lipinski definition) is 4. The summed E-state index contributed by atoms with van der Waals surface area (Å²) in [6.45, 7) is 9.08. The third-order valence-electron chi connectivity index (χ3n) is 30.9. The summed E-state index contributed by atoms with van der Waals surface area (Å²) in [5, 5.41) is 15.7. The van der Waals surface area contributed by atoms with Gasteiger partial charge in [-0.2, -0.15) is 0 Å². The second-order valence-electron chi connectivity index (χ2n) is 35.2. The zero-order chi connectivity index (χ0) is 67.7. The zero-order valence-electron chi connectivity index (χ0n) is 58.6. The normalized spacial score (nSPS) is 36.1. The van der Waals surface area contributed by atoms with Crippen LogP contribution in [0.2, 0.25) is 0 Å². The van der Waals surface area contributed by atoms with Gasteiger partial charge in [0.05, 0.1) is 25.3 Å². The maximum atomic E-state index is 14.5. The predicted molar refractivity (Wildman–Crippen MR) is 395 cm³/mol. The number of halogens is 4. The lowest BCUT2D eigenvalue weighted by Crippen LogP contribution is -2.57. The van der Waals surface area contributed by atoms with Gasteiger partial charge in [-0.1, -0.05) is 49.0 Å². The molecular weight excluding hydrogens is 1330 g/mol. The van der Waals surface area contributed by atoms with Crippen molar-refractivity contribution in [3.8, 4) is 0 Å². The number of rotatable bonds is 8. The molecule has 556 valence electrons. The quantitative estimate of drug-likeness (QED) is 0.0743. The number of hydroxylamine groups is 1. The Balaban J connectivity index is 0.000000141. The Labute approximate surface area is 608 Å². The molecule has 0 unspecified atom stereocenters. The highest BCUT2D eigenvalue weighted by Crippen LogP contribution is 2.69. The molecule has 2 amide bonds. The van der Waals surface area contributed by atoms with E-state index < -0.39 is 23.7 Å². The molecule has 16 heteroatoms. The highest BCUT2D eigenvalue weighted by Gasteiger charge is 2.61. The van der Waals surface area contributed by atoms with Crippen molar-refractivity contribution in [3.63, 3.8) is 0 Å². The molecule has 4 aliphatic heterocycles. The highest BCUT2D eigenvalue weighted by molar-refractivity contribution is 9.08. The summed E-state index contributed by atoms with van der Waals surface area (Å²) in [6.07, 6.45) is 40.4. The monoisotopic (exact) mass is 1450 g/mol. The maximum absolute atomic E-state index is 14.5. The van der Waals surface area contributed by atoms with Gasteiger partial charge in [0, 0.05) is 52.4 Å². The molecule has 20 fully saturated rings. The van der Waals surface area contributed by atoms with Crippen LogP contribution in [0.4, 0.5) is 13.2 Å². The maximum Gasteiger partial charge on any atom is 0.337 e. The van der Waals surface area contributed by atoms with Gasteiger partial charge in [-0.3, -0.25) is 24.6 Å². The number of hydrogen-bond acceptors (Lipinski definition) is 10. The summed E-state index contributed by atoms with van der Waals surface area (Å²) < 4.78 is 51.1. The molecule has 16 aliphatic carbocycles. The minimum absolute atomic E-state index is 0. The highest BCUT2D eigenvalue weighted by atomic mass is 79.9. The smallest absolute Gasteiger partial charge is 0.337 e. The molecule has 0 aromatic heterocycles. The van der Waals surface area contributed by atoms with Crippen LogP contribution >= 0.6 is 15.9 Å². The summed E-state index contributed by atoms with van der Waals surface area (Å²) in [4.78, 5) is 50.5. The van der Waals surface area contributed by atoms with E-state index in [-0.39, 0.29) is 47.5 Å². The van der Waals surface area contributed by atoms with Crippen LogP contribution in [0.1, 0.15) is 247 Å².